The second-order valence-corrected chi connectivity index (χ2v) is 5.12. The Morgan fingerprint density at radius 2 is 2.12 bits per heavy atom. The summed E-state index contributed by atoms with van der Waals surface area (Å²) in [6.45, 7) is 4.05. The Hall–Kier alpha value is -0.570. The number of nitrogens with one attached hydrogen (secondary N) is 1. The van der Waals surface area contributed by atoms with E-state index in [1.54, 1.807) is 0 Å². The second-order valence-electron chi connectivity index (χ2n) is 5.12. The van der Waals surface area contributed by atoms with Crippen molar-refractivity contribution >= 4 is 5.91 Å². The lowest BCUT2D eigenvalue weighted by atomic mass is 9.99. The molecule has 1 saturated heterocycles. The molecule has 2 fully saturated rings. The molecule has 3 nitrogen and oxygen atoms in total. The molecule has 1 atom stereocenters. The Morgan fingerprint density at radius 3 is 2.81 bits per heavy atom. The van der Waals surface area contributed by atoms with Crippen LogP contribution in [0, 0.1) is 0 Å². The van der Waals surface area contributed by atoms with Crippen LogP contribution >= 0.6 is 0 Å². The highest BCUT2D eigenvalue weighted by Crippen LogP contribution is 2.21. The molecule has 1 heterocycles. The van der Waals surface area contributed by atoms with Gasteiger partial charge in [-0.05, 0) is 38.5 Å². The van der Waals surface area contributed by atoms with Crippen LogP contribution in [-0.4, -0.2) is 36.0 Å². The van der Waals surface area contributed by atoms with Crippen molar-refractivity contribution in [2.75, 3.05) is 13.1 Å². The minimum absolute atomic E-state index is 0.361. The molecule has 0 aromatic heterocycles. The average Bonchev–Trinajstić information content (AvgIpc) is 3.13. The number of rotatable bonds is 5. The third kappa shape index (κ3) is 3.21. The zero-order valence-corrected chi connectivity index (χ0v) is 10.4. The van der Waals surface area contributed by atoms with Gasteiger partial charge in [0.1, 0.15) is 0 Å². The minimum Gasteiger partial charge on any atom is -0.340 e. The van der Waals surface area contributed by atoms with Crippen molar-refractivity contribution in [3.63, 3.8) is 0 Å². The smallest absolute Gasteiger partial charge is 0.224 e. The monoisotopic (exact) mass is 224 g/mol. The summed E-state index contributed by atoms with van der Waals surface area (Å²) in [5.41, 5.74) is 0. The summed E-state index contributed by atoms with van der Waals surface area (Å²) in [4.78, 5) is 14.2. The molecule has 2 rings (SSSR count). The van der Waals surface area contributed by atoms with Gasteiger partial charge in [0.15, 0.2) is 0 Å². The lowest BCUT2D eigenvalue weighted by Gasteiger charge is -2.35. The van der Waals surface area contributed by atoms with Crippen molar-refractivity contribution < 1.29 is 4.79 Å². The third-order valence-corrected chi connectivity index (χ3v) is 3.77. The molecule has 3 heteroatoms. The van der Waals surface area contributed by atoms with Crippen LogP contribution < -0.4 is 5.32 Å². The van der Waals surface area contributed by atoms with Gasteiger partial charge in [-0.3, -0.25) is 4.79 Å². The predicted octanol–water partition coefficient (Wildman–Crippen LogP) is 1.92. The lowest BCUT2D eigenvalue weighted by Crippen LogP contribution is -2.44. The summed E-state index contributed by atoms with van der Waals surface area (Å²) < 4.78 is 0. The summed E-state index contributed by atoms with van der Waals surface area (Å²) in [5, 5.41) is 3.41. The second kappa shape index (κ2) is 5.67. The zero-order valence-electron chi connectivity index (χ0n) is 10.4. The van der Waals surface area contributed by atoms with Crippen LogP contribution in [0.15, 0.2) is 0 Å². The standard InChI is InChI=1S/C13H24N2O/c1-2-12-5-3-4-10-15(12)13(16)8-9-14-11-6-7-11/h11-12,14H,2-10H2,1H3. The number of carbonyl (C=O) groups is 1. The first-order chi connectivity index (χ1) is 7.81. The topological polar surface area (TPSA) is 32.3 Å². The maximum atomic E-state index is 12.1. The Morgan fingerprint density at radius 1 is 1.31 bits per heavy atom. The maximum Gasteiger partial charge on any atom is 0.224 e. The van der Waals surface area contributed by atoms with Gasteiger partial charge in [0.05, 0.1) is 0 Å². The Kier molecular flexibility index (Phi) is 4.22. The van der Waals surface area contributed by atoms with E-state index in [0.29, 0.717) is 18.4 Å². The molecule has 1 amide bonds. The molecule has 1 N–H and O–H groups in total. The number of piperidine rings is 1. The van der Waals surface area contributed by atoms with E-state index in [1.165, 1.54) is 32.1 Å². The Balaban J connectivity index is 1.72. The number of hydrogen-bond donors (Lipinski definition) is 1. The molecule has 1 aliphatic heterocycles. The first-order valence-electron chi connectivity index (χ1n) is 6.84. The summed E-state index contributed by atoms with van der Waals surface area (Å²) >= 11 is 0. The van der Waals surface area contributed by atoms with Gasteiger partial charge in [-0.25, -0.2) is 0 Å². The SMILES string of the molecule is CCC1CCCCN1C(=O)CCNC1CC1. The molecule has 16 heavy (non-hydrogen) atoms. The molecule has 1 unspecified atom stereocenters. The van der Waals surface area contributed by atoms with Crippen LogP contribution in [0.5, 0.6) is 0 Å². The molecular formula is C13H24N2O. The van der Waals surface area contributed by atoms with Crippen LogP contribution in [0.3, 0.4) is 0 Å². The number of likely N-dealkylation sites (tertiary alicyclic amines) is 1. The maximum absolute atomic E-state index is 12.1. The van der Waals surface area contributed by atoms with Crippen LogP contribution in [-0.2, 0) is 4.79 Å². The van der Waals surface area contributed by atoms with Gasteiger partial charge in [0.2, 0.25) is 5.91 Å². The summed E-state index contributed by atoms with van der Waals surface area (Å²) in [5.74, 6) is 0.361. The van der Waals surface area contributed by atoms with Crippen LogP contribution in [0.4, 0.5) is 0 Å². The highest BCUT2D eigenvalue weighted by molar-refractivity contribution is 5.76. The minimum atomic E-state index is 0.361. The molecule has 1 saturated carbocycles. The van der Waals surface area contributed by atoms with Gasteiger partial charge in [0, 0.05) is 31.6 Å². The predicted molar refractivity (Wildman–Crippen MR) is 65.3 cm³/mol. The van der Waals surface area contributed by atoms with E-state index in [9.17, 15) is 4.79 Å². The molecule has 0 radical (unpaired) electrons. The first-order valence-corrected chi connectivity index (χ1v) is 6.84. The van der Waals surface area contributed by atoms with Crippen molar-refractivity contribution in [3.05, 3.63) is 0 Å². The fraction of sp³-hybridized carbons (Fsp3) is 0.923. The van der Waals surface area contributed by atoms with Gasteiger partial charge in [-0.15, -0.1) is 0 Å². The fourth-order valence-electron chi connectivity index (χ4n) is 2.57. The van der Waals surface area contributed by atoms with Crippen molar-refractivity contribution in [3.8, 4) is 0 Å². The molecule has 0 bridgehead atoms. The van der Waals surface area contributed by atoms with Crippen LogP contribution in [0.1, 0.15) is 51.9 Å². The van der Waals surface area contributed by atoms with E-state index >= 15 is 0 Å². The quantitative estimate of drug-likeness (QED) is 0.774. The average molecular weight is 224 g/mol. The van der Waals surface area contributed by atoms with Crippen molar-refractivity contribution in [2.24, 2.45) is 0 Å². The van der Waals surface area contributed by atoms with E-state index in [2.05, 4.69) is 17.1 Å². The van der Waals surface area contributed by atoms with Gasteiger partial charge in [0.25, 0.3) is 0 Å². The van der Waals surface area contributed by atoms with E-state index in [4.69, 9.17) is 0 Å². The molecule has 1 aliphatic carbocycles. The number of carbonyl (C=O) groups excluding carboxylic acids is 1. The van der Waals surface area contributed by atoms with Gasteiger partial charge in [-0.1, -0.05) is 6.92 Å². The first kappa shape index (κ1) is 11.9. The zero-order chi connectivity index (χ0) is 11.4. The molecule has 0 spiro atoms. The highest BCUT2D eigenvalue weighted by Gasteiger charge is 2.25. The molecule has 2 aliphatic rings. The Bertz CT molecular complexity index is 238. The number of nitrogens with zero attached hydrogens (tertiary/aromatic N) is 1. The molecular weight excluding hydrogens is 200 g/mol. The van der Waals surface area contributed by atoms with E-state index in [0.717, 1.165) is 25.6 Å². The molecule has 0 aromatic rings. The van der Waals surface area contributed by atoms with Crippen LogP contribution in [0.2, 0.25) is 0 Å². The number of hydrogen-bond acceptors (Lipinski definition) is 2. The van der Waals surface area contributed by atoms with E-state index < -0.39 is 0 Å². The van der Waals surface area contributed by atoms with Crippen LogP contribution in [0.25, 0.3) is 0 Å². The number of amides is 1. The normalized spacial score (nSPS) is 25.8. The molecule has 0 aromatic carbocycles. The van der Waals surface area contributed by atoms with Crippen molar-refractivity contribution in [1.29, 1.82) is 0 Å². The van der Waals surface area contributed by atoms with Gasteiger partial charge in [-0.2, -0.15) is 0 Å². The molecule has 92 valence electrons. The fourth-order valence-corrected chi connectivity index (χ4v) is 2.57. The van der Waals surface area contributed by atoms with Gasteiger partial charge >= 0.3 is 0 Å². The highest BCUT2D eigenvalue weighted by atomic mass is 16.2. The summed E-state index contributed by atoms with van der Waals surface area (Å²) in [6.07, 6.45) is 8.10. The van der Waals surface area contributed by atoms with Crippen molar-refractivity contribution in [1.82, 2.24) is 10.2 Å². The Labute approximate surface area is 98.6 Å². The summed E-state index contributed by atoms with van der Waals surface area (Å²) in [6, 6.07) is 1.23. The van der Waals surface area contributed by atoms with Gasteiger partial charge < -0.3 is 10.2 Å². The largest absolute Gasteiger partial charge is 0.340 e. The third-order valence-electron chi connectivity index (χ3n) is 3.77. The van der Waals surface area contributed by atoms with E-state index in [1.807, 2.05) is 0 Å². The van der Waals surface area contributed by atoms with E-state index in [-0.39, 0.29) is 0 Å². The lowest BCUT2D eigenvalue weighted by molar-refractivity contribution is -0.134. The summed E-state index contributed by atoms with van der Waals surface area (Å²) in [7, 11) is 0. The van der Waals surface area contributed by atoms with Crippen molar-refractivity contribution in [2.45, 2.75) is 64.0 Å².